The molecule has 3 N–H and O–H groups in total. The Bertz CT molecular complexity index is 420. The van der Waals surface area contributed by atoms with Gasteiger partial charge in [-0.2, -0.15) is 0 Å². The molecule has 2 rings (SSSR count). The summed E-state index contributed by atoms with van der Waals surface area (Å²) in [5.74, 6) is 4.48. The molecular weight excluding hydrogens is 302 g/mol. The number of rotatable bonds is 4. The van der Waals surface area contributed by atoms with Crippen molar-refractivity contribution in [1.82, 2.24) is 5.43 Å². The monoisotopic (exact) mass is 318 g/mol. The Kier molecular flexibility index (Phi) is 4.70. The van der Waals surface area contributed by atoms with E-state index in [1.54, 1.807) is 6.07 Å². The number of nitrogens with one attached hydrogen (secondary N) is 1. The first-order valence-corrected chi connectivity index (χ1v) is 7.02. The van der Waals surface area contributed by atoms with Gasteiger partial charge >= 0.3 is 0 Å². The molecule has 0 amide bonds. The number of hydrogen-bond donors (Lipinski definition) is 2. The van der Waals surface area contributed by atoms with Crippen molar-refractivity contribution in [2.24, 2.45) is 11.8 Å². The van der Waals surface area contributed by atoms with Crippen LogP contribution in [0, 0.1) is 17.6 Å². The van der Waals surface area contributed by atoms with Crippen molar-refractivity contribution in [2.75, 3.05) is 0 Å². The van der Waals surface area contributed by atoms with Crippen molar-refractivity contribution in [3.63, 3.8) is 0 Å². The lowest BCUT2D eigenvalue weighted by atomic mass is 9.94. The number of nitrogens with two attached hydrogens (primary N) is 1. The van der Waals surface area contributed by atoms with Gasteiger partial charge in [0.25, 0.3) is 0 Å². The average Bonchev–Trinajstić information content (AvgIpc) is 2.87. The van der Waals surface area contributed by atoms with E-state index in [0.717, 1.165) is 12.5 Å². The standard InChI is InChI=1S/C13H17BrF2N2/c14-12-9(5-6-10(15)13(12)16)11(18-17)7-8-3-1-2-4-8/h5-6,8,11,18H,1-4,7,17H2. The Hall–Kier alpha value is -0.520. The second-order valence-corrected chi connectivity index (χ2v) is 5.66. The Morgan fingerprint density at radius 2 is 2.00 bits per heavy atom. The molecule has 1 unspecified atom stereocenters. The Morgan fingerprint density at radius 1 is 1.33 bits per heavy atom. The molecule has 1 fully saturated rings. The summed E-state index contributed by atoms with van der Waals surface area (Å²) in [6.45, 7) is 0. The predicted octanol–water partition coefficient (Wildman–Crippen LogP) is 3.81. The maximum atomic E-state index is 13.5. The van der Waals surface area contributed by atoms with E-state index in [-0.39, 0.29) is 10.5 Å². The molecule has 0 spiro atoms. The van der Waals surface area contributed by atoms with Gasteiger partial charge in [-0.1, -0.05) is 31.7 Å². The molecule has 0 bridgehead atoms. The summed E-state index contributed by atoms with van der Waals surface area (Å²) in [7, 11) is 0. The molecule has 1 aromatic rings. The van der Waals surface area contributed by atoms with Crippen LogP contribution in [0.5, 0.6) is 0 Å². The molecule has 0 radical (unpaired) electrons. The lowest BCUT2D eigenvalue weighted by Gasteiger charge is -2.21. The van der Waals surface area contributed by atoms with Gasteiger partial charge in [0.05, 0.1) is 4.47 Å². The topological polar surface area (TPSA) is 38.0 Å². The fourth-order valence-corrected chi connectivity index (χ4v) is 3.27. The van der Waals surface area contributed by atoms with Gasteiger partial charge in [-0.25, -0.2) is 8.78 Å². The molecule has 0 saturated heterocycles. The molecule has 1 aliphatic carbocycles. The Labute approximate surface area is 114 Å². The van der Waals surface area contributed by atoms with E-state index in [2.05, 4.69) is 21.4 Å². The van der Waals surface area contributed by atoms with E-state index < -0.39 is 11.6 Å². The second-order valence-electron chi connectivity index (χ2n) is 4.87. The highest BCUT2D eigenvalue weighted by atomic mass is 79.9. The first kappa shape index (κ1) is 13.9. The van der Waals surface area contributed by atoms with Crippen molar-refractivity contribution in [1.29, 1.82) is 0 Å². The van der Waals surface area contributed by atoms with Gasteiger partial charge in [0.1, 0.15) is 0 Å². The normalized spacial score (nSPS) is 18.2. The highest BCUT2D eigenvalue weighted by Crippen LogP contribution is 2.35. The smallest absolute Gasteiger partial charge is 0.173 e. The summed E-state index contributed by atoms with van der Waals surface area (Å²) in [5, 5.41) is 0. The summed E-state index contributed by atoms with van der Waals surface area (Å²) in [6, 6.07) is 2.59. The molecule has 0 heterocycles. The fourth-order valence-electron chi connectivity index (χ4n) is 2.67. The van der Waals surface area contributed by atoms with Gasteiger partial charge in [0, 0.05) is 6.04 Å². The number of benzene rings is 1. The molecule has 18 heavy (non-hydrogen) atoms. The van der Waals surface area contributed by atoms with E-state index in [4.69, 9.17) is 5.84 Å². The molecule has 1 aliphatic rings. The Balaban J connectivity index is 2.18. The third-order valence-corrected chi connectivity index (χ3v) is 4.49. The third-order valence-electron chi connectivity index (χ3n) is 3.69. The zero-order chi connectivity index (χ0) is 13.1. The number of halogens is 3. The van der Waals surface area contributed by atoms with Crippen molar-refractivity contribution in [3.8, 4) is 0 Å². The summed E-state index contributed by atoms with van der Waals surface area (Å²) in [4.78, 5) is 0. The minimum Gasteiger partial charge on any atom is -0.271 e. The van der Waals surface area contributed by atoms with E-state index in [1.807, 2.05) is 0 Å². The van der Waals surface area contributed by atoms with Crippen LogP contribution in [0.4, 0.5) is 8.78 Å². The van der Waals surface area contributed by atoms with Crippen molar-refractivity contribution in [3.05, 3.63) is 33.8 Å². The van der Waals surface area contributed by atoms with Gasteiger partial charge in [-0.15, -0.1) is 0 Å². The summed E-state index contributed by atoms with van der Waals surface area (Å²) in [6.07, 6.45) is 5.75. The fraction of sp³-hybridized carbons (Fsp3) is 0.538. The molecule has 1 atom stereocenters. The first-order chi connectivity index (χ1) is 8.63. The predicted molar refractivity (Wildman–Crippen MR) is 70.7 cm³/mol. The van der Waals surface area contributed by atoms with Crippen molar-refractivity contribution >= 4 is 15.9 Å². The lowest BCUT2D eigenvalue weighted by Crippen LogP contribution is -2.30. The van der Waals surface area contributed by atoms with Crippen LogP contribution >= 0.6 is 15.9 Å². The third kappa shape index (κ3) is 2.90. The van der Waals surface area contributed by atoms with Crippen LogP contribution in [0.25, 0.3) is 0 Å². The summed E-state index contributed by atoms with van der Waals surface area (Å²) < 4.78 is 26.8. The van der Waals surface area contributed by atoms with Crippen LogP contribution in [-0.2, 0) is 0 Å². The highest BCUT2D eigenvalue weighted by Gasteiger charge is 2.23. The molecule has 0 aromatic heterocycles. The van der Waals surface area contributed by atoms with Crippen molar-refractivity contribution in [2.45, 2.75) is 38.1 Å². The van der Waals surface area contributed by atoms with Crippen LogP contribution in [0.15, 0.2) is 16.6 Å². The number of hydrogen-bond acceptors (Lipinski definition) is 2. The van der Waals surface area contributed by atoms with E-state index in [1.165, 1.54) is 25.7 Å². The highest BCUT2D eigenvalue weighted by molar-refractivity contribution is 9.10. The van der Waals surface area contributed by atoms with Crippen molar-refractivity contribution < 1.29 is 8.78 Å². The molecule has 1 aromatic carbocycles. The first-order valence-electron chi connectivity index (χ1n) is 6.23. The van der Waals surface area contributed by atoms with Gasteiger partial charge in [-0.05, 0) is 39.9 Å². The SMILES string of the molecule is NNC(CC1CCCC1)c1ccc(F)c(F)c1Br. The van der Waals surface area contributed by atoms with Crippen LogP contribution in [0.1, 0.15) is 43.7 Å². The van der Waals surface area contributed by atoms with E-state index in [0.29, 0.717) is 11.5 Å². The lowest BCUT2D eigenvalue weighted by molar-refractivity contribution is 0.396. The van der Waals surface area contributed by atoms with Crippen LogP contribution in [0.2, 0.25) is 0 Å². The minimum absolute atomic E-state index is 0.141. The quantitative estimate of drug-likeness (QED) is 0.503. The van der Waals surface area contributed by atoms with Gasteiger partial charge in [0.2, 0.25) is 0 Å². The van der Waals surface area contributed by atoms with Gasteiger partial charge < -0.3 is 0 Å². The second kappa shape index (κ2) is 6.08. The Morgan fingerprint density at radius 3 is 2.61 bits per heavy atom. The summed E-state index contributed by atoms with van der Waals surface area (Å²) in [5.41, 5.74) is 3.40. The van der Waals surface area contributed by atoms with Crippen LogP contribution < -0.4 is 11.3 Å². The maximum Gasteiger partial charge on any atom is 0.173 e. The van der Waals surface area contributed by atoms with Crippen LogP contribution in [-0.4, -0.2) is 0 Å². The molecule has 5 heteroatoms. The van der Waals surface area contributed by atoms with Gasteiger partial charge in [-0.3, -0.25) is 11.3 Å². The van der Waals surface area contributed by atoms with Crippen LogP contribution in [0.3, 0.4) is 0 Å². The maximum absolute atomic E-state index is 13.5. The zero-order valence-electron chi connectivity index (χ0n) is 10.1. The summed E-state index contributed by atoms with van der Waals surface area (Å²) >= 11 is 3.11. The molecule has 0 aliphatic heterocycles. The van der Waals surface area contributed by atoms with E-state index in [9.17, 15) is 8.78 Å². The van der Waals surface area contributed by atoms with E-state index >= 15 is 0 Å². The molecule has 2 nitrogen and oxygen atoms in total. The molecular formula is C13H17BrF2N2. The zero-order valence-corrected chi connectivity index (χ0v) is 11.6. The molecule has 100 valence electrons. The number of hydrazine groups is 1. The largest absolute Gasteiger partial charge is 0.271 e. The van der Waals surface area contributed by atoms with Gasteiger partial charge in [0.15, 0.2) is 11.6 Å². The minimum atomic E-state index is -0.848. The molecule has 1 saturated carbocycles. The average molecular weight is 319 g/mol.